The molecule has 0 saturated carbocycles. The summed E-state index contributed by atoms with van der Waals surface area (Å²) >= 11 is 0. The van der Waals surface area contributed by atoms with E-state index in [1.165, 1.54) is 0 Å². The summed E-state index contributed by atoms with van der Waals surface area (Å²) in [5.74, 6) is 2.04. The summed E-state index contributed by atoms with van der Waals surface area (Å²) in [5, 5.41) is 6.30. The summed E-state index contributed by atoms with van der Waals surface area (Å²) < 4.78 is 0. The maximum Gasteiger partial charge on any atom is 0.231 e. The predicted molar refractivity (Wildman–Crippen MR) is 105 cm³/mol. The summed E-state index contributed by atoms with van der Waals surface area (Å²) in [6.45, 7) is 3.41. The van der Waals surface area contributed by atoms with Gasteiger partial charge in [0, 0.05) is 26.2 Å². The van der Waals surface area contributed by atoms with Crippen LogP contribution in [0.2, 0.25) is 0 Å². The van der Waals surface area contributed by atoms with Crippen molar-refractivity contribution in [3.8, 4) is 0 Å². The van der Waals surface area contributed by atoms with Gasteiger partial charge in [-0.2, -0.15) is 29.9 Å². The van der Waals surface area contributed by atoms with E-state index in [4.69, 9.17) is 17.2 Å². The maximum absolute atomic E-state index is 5.80. The average Bonchev–Trinajstić information content (AvgIpc) is 3.14. The van der Waals surface area contributed by atoms with Crippen molar-refractivity contribution in [2.75, 3.05) is 58.9 Å². The van der Waals surface area contributed by atoms with Gasteiger partial charge in [-0.05, 0) is 32.1 Å². The van der Waals surface area contributed by atoms with Crippen LogP contribution in [0.4, 0.5) is 35.7 Å². The first-order chi connectivity index (χ1) is 13.1. The summed E-state index contributed by atoms with van der Waals surface area (Å²) in [6.07, 6.45) is 5.24. The topological polar surface area (TPSA) is 183 Å². The van der Waals surface area contributed by atoms with Gasteiger partial charge in [-0.15, -0.1) is 0 Å². The third-order valence-corrected chi connectivity index (χ3v) is 4.12. The average molecular weight is 374 g/mol. The molecule has 2 aromatic heterocycles. The van der Waals surface area contributed by atoms with E-state index < -0.39 is 0 Å². The van der Waals surface area contributed by atoms with Crippen LogP contribution in [0, 0.1) is 0 Å². The minimum absolute atomic E-state index is 0.110. The molecule has 0 spiro atoms. The molecule has 12 nitrogen and oxygen atoms in total. The highest BCUT2D eigenvalue weighted by Crippen LogP contribution is 2.17. The Morgan fingerprint density at radius 1 is 0.667 bits per heavy atom. The third-order valence-electron chi connectivity index (χ3n) is 4.12. The van der Waals surface area contributed by atoms with Gasteiger partial charge >= 0.3 is 0 Å². The van der Waals surface area contributed by atoms with Gasteiger partial charge in [0.25, 0.3) is 0 Å². The molecule has 146 valence electrons. The van der Waals surface area contributed by atoms with Crippen molar-refractivity contribution in [2.45, 2.75) is 32.1 Å². The molecular formula is C15H26N12. The lowest BCUT2D eigenvalue weighted by Crippen LogP contribution is -2.22. The number of rotatable bonds is 9. The number of hydrogen-bond acceptors (Lipinski definition) is 12. The Hall–Kier alpha value is -3.18. The van der Waals surface area contributed by atoms with E-state index in [2.05, 4.69) is 45.4 Å². The fraction of sp³-hybridized carbons (Fsp3) is 0.600. The second-order valence-corrected chi connectivity index (χ2v) is 6.30. The largest absolute Gasteiger partial charge is 0.368 e. The van der Waals surface area contributed by atoms with Gasteiger partial charge < -0.3 is 32.7 Å². The lowest BCUT2D eigenvalue weighted by atomic mass is 10.2. The Kier molecular flexibility index (Phi) is 6.18. The fourth-order valence-electron chi connectivity index (χ4n) is 2.83. The fourth-order valence-corrected chi connectivity index (χ4v) is 2.83. The summed E-state index contributed by atoms with van der Waals surface area (Å²) in [5.41, 5.74) is 16.9. The molecule has 0 unspecified atom stereocenters. The lowest BCUT2D eigenvalue weighted by molar-refractivity contribution is 0.715. The van der Waals surface area contributed by atoms with Gasteiger partial charge in [0.2, 0.25) is 35.7 Å². The molecule has 1 aliphatic heterocycles. The van der Waals surface area contributed by atoms with E-state index in [0.29, 0.717) is 17.8 Å². The maximum atomic E-state index is 5.80. The van der Waals surface area contributed by atoms with Crippen LogP contribution in [0.1, 0.15) is 32.1 Å². The minimum atomic E-state index is 0.110. The normalized spacial score (nSPS) is 13.7. The quantitative estimate of drug-likeness (QED) is 0.373. The van der Waals surface area contributed by atoms with Crippen molar-refractivity contribution in [3.05, 3.63) is 0 Å². The van der Waals surface area contributed by atoms with Crippen LogP contribution in [-0.2, 0) is 0 Å². The number of unbranched alkanes of at least 4 members (excludes halogenated alkanes) is 2. The molecular weight excluding hydrogens is 348 g/mol. The highest BCUT2D eigenvalue weighted by molar-refractivity contribution is 5.42. The lowest BCUT2D eigenvalue weighted by Gasteiger charge is -2.16. The van der Waals surface area contributed by atoms with Crippen LogP contribution in [0.25, 0.3) is 0 Å². The van der Waals surface area contributed by atoms with Gasteiger partial charge in [-0.3, -0.25) is 0 Å². The van der Waals surface area contributed by atoms with Crippen molar-refractivity contribution in [1.29, 1.82) is 0 Å². The molecule has 12 heteroatoms. The highest BCUT2D eigenvalue weighted by atomic mass is 15.3. The van der Waals surface area contributed by atoms with E-state index >= 15 is 0 Å². The standard InChI is InChI=1S/C15H26N12/c16-10-21-11(17)23-13(22-10)19-6-2-1-3-7-20-14-24-12(18)25-15(26-14)27-8-4-5-9-27/h1-9H2,(H3,18,20,24,25,26)(H5,16,17,19,21,22,23). The molecule has 27 heavy (non-hydrogen) atoms. The molecule has 8 N–H and O–H groups in total. The smallest absolute Gasteiger partial charge is 0.231 e. The first kappa shape index (κ1) is 18.6. The van der Waals surface area contributed by atoms with Crippen LogP contribution >= 0.6 is 0 Å². The molecule has 0 radical (unpaired) electrons. The number of nitrogens with two attached hydrogens (primary N) is 3. The molecule has 1 saturated heterocycles. The molecule has 0 amide bonds. The van der Waals surface area contributed by atoms with Crippen molar-refractivity contribution in [1.82, 2.24) is 29.9 Å². The van der Waals surface area contributed by atoms with E-state index in [9.17, 15) is 0 Å². The van der Waals surface area contributed by atoms with Crippen molar-refractivity contribution in [2.24, 2.45) is 0 Å². The van der Waals surface area contributed by atoms with E-state index in [1.54, 1.807) is 0 Å². The third kappa shape index (κ3) is 5.66. The number of anilines is 6. The molecule has 0 aliphatic carbocycles. The molecule has 1 aliphatic rings. The zero-order valence-electron chi connectivity index (χ0n) is 15.2. The van der Waals surface area contributed by atoms with Crippen molar-refractivity contribution < 1.29 is 0 Å². The Morgan fingerprint density at radius 3 is 1.78 bits per heavy atom. The van der Waals surface area contributed by atoms with Crippen molar-refractivity contribution >= 4 is 35.7 Å². The van der Waals surface area contributed by atoms with Crippen LogP contribution in [0.3, 0.4) is 0 Å². The second kappa shape index (κ2) is 8.96. The zero-order chi connectivity index (χ0) is 19.1. The monoisotopic (exact) mass is 374 g/mol. The molecule has 3 rings (SSSR count). The van der Waals surface area contributed by atoms with Gasteiger partial charge in [0.15, 0.2) is 0 Å². The van der Waals surface area contributed by atoms with Gasteiger partial charge in [-0.25, -0.2) is 0 Å². The highest BCUT2D eigenvalue weighted by Gasteiger charge is 2.16. The Bertz CT molecular complexity index is 725. The second-order valence-electron chi connectivity index (χ2n) is 6.30. The van der Waals surface area contributed by atoms with Gasteiger partial charge in [0.05, 0.1) is 0 Å². The van der Waals surface area contributed by atoms with Crippen molar-refractivity contribution in [3.63, 3.8) is 0 Å². The number of nitrogen functional groups attached to an aromatic ring is 3. The summed E-state index contributed by atoms with van der Waals surface area (Å²) in [4.78, 5) is 26.6. The summed E-state index contributed by atoms with van der Waals surface area (Å²) in [7, 11) is 0. The number of nitrogens with one attached hydrogen (secondary N) is 2. The van der Waals surface area contributed by atoms with Crippen LogP contribution in [0.15, 0.2) is 0 Å². The molecule has 0 aromatic carbocycles. The molecule has 0 atom stereocenters. The van der Waals surface area contributed by atoms with Gasteiger partial charge in [-0.1, -0.05) is 0 Å². The molecule has 0 bridgehead atoms. The Labute approximate surface area is 157 Å². The van der Waals surface area contributed by atoms with Crippen LogP contribution in [0.5, 0.6) is 0 Å². The Balaban J connectivity index is 1.35. The molecule has 2 aromatic rings. The number of nitrogens with zero attached hydrogens (tertiary/aromatic N) is 7. The Morgan fingerprint density at radius 2 is 1.19 bits per heavy atom. The SMILES string of the molecule is Nc1nc(N)nc(NCCCCCNc2nc(N)nc(N3CCCC3)n2)n1. The zero-order valence-corrected chi connectivity index (χ0v) is 15.2. The van der Waals surface area contributed by atoms with E-state index in [1.807, 2.05) is 0 Å². The van der Waals surface area contributed by atoms with Crippen LogP contribution in [-0.4, -0.2) is 56.1 Å². The van der Waals surface area contributed by atoms with E-state index in [-0.39, 0.29) is 17.8 Å². The minimum Gasteiger partial charge on any atom is -0.368 e. The van der Waals surface area contributed by atoms with Gasteiger partial charge in [0.1, 0.15) is 0 Å². The summed E-state index contributed by atoms with van der Waals surface area (Å²) in [6, 6.07) is 0. The van der Waals surface area contributed by atoms with E-state index in [0.717, 1.165) is 58.3 Å². The predicted octanol–water partition coefficient (Wildman–Crippen LogP) is 0.0977. The van der Waals surface area contributed by atoms with Crippen LogP contribution < -0.4 is 32.7 Å². The number of hydrogen-bond donors (Lipinski definition) is 5. The number of aromatic nitrogens is 6. The first-order valence-electron chi connectivity index (χ1n) is 9.11. The first-order valence-corrected chi connectivity index (χ1v) is 9.11. The molecule has 1 fully saturated rings. The molecule has 3 heterocycles.